The van der Waals surface area contributed by atoms with Crippen LogP contribution in [0.3, 0.4) is 0 Å². The first-order chi connectivity index (χ1) is 8.84. The smallest absolute Gasteiger partial charge is 0.243 e. The Labute approximate surface area is 123 Å². The summed E-state index contributed by atoms with van der Waals surface area (Å²) in [5, 5.41) is 0.348. The number of hydrogen-bond acceptors (Lipinski definition) is 4. The SMILES string of the molecule is Cc1c(N)cc(Cl)cc1S(=O)(=O)N1CCSCC1C. The Morgan fingerprint density at radius 2 is 2.16 bits per heavy atom. The van der Waals surface area contributed by atoms with Crippen LogP contribution in [0, 0.1) is 6.92 Å². The molecule has 4 nitrogen and oxygen atoms in total. The van der Waals surface area contributed by atoms with Gasteiger partial charge in [0.25, 0.3) is 0 Å². The van der Waals surface area contributed by atoms with Crippen molar-refractivity contribution in [1.82, 2.24) is 4.31 Å². The Bertz CT molecular complexity index is 590. The van der Waals surface area contributed by atoms with Crippen molar-refractivity contribution in [1.29, 1.82) is 0 Å². The minimum Gasteiger partial charge on any atom is -0.398 e. The van der Waals surface area contributed by atoms with E-state index in [1.807, 2.05) is 6.92 Å². The van der Waals surface area contributed by atoms with E-state index in [-0.39, 0.29) is 10.9 Å². The third-order valence-electron chi connectivity index (χ3n) is 3.26. The molecule has 0 amide bonds. The fourth-order valence-corrected chi connectivity index (χ4v) is 5.57. The predicted molar refractivity (Wildman–Crippen MR) is 81.3 cm³/mol. The standard InChI is InChI=1S/C12H17ClN2O2S2/c1-8-7-18-4-3-15(8)19(16,17)12-6-10(13)5-11(14)9(12)2/h5-6,8H,3-4,7,14H2,1-2H3. The van der Waals surface area contributed by atoms with Crippen LogP contribution in [0.25, 0.3) is 0 Å². The highest BCUT2D eigenvalue weighted by Gasteiger charge is 2.32. The second-order valence-electron chi connectivity index (χ2n) is 4.66. The van der Waals surface area contributed by atoms with Crippen LogP contribution in [0.1, 0.15) is 12.5 Å². The van der Waals surface area contributed by atoms with Crippen LogP contribution in [0.15, 0.2) is 17.0 Å². The third-order valence-corrected chi connectivity index (χ3v) is 6.81. The number of nitrogens with two attached hydrogens (primary N) is 1. The van der Waals surface area contributed by atoms with Gasteiger partial charge in [-0.3, -0.25) is 0 Å². The van der Waals surface area contributed by atoms with Crippen molar-refractivity contribution in [2.75, 3.05) is 23.8 Å². The Morgan fingerprint density at radius 1 is 1.47 bits per heavy atom. The van der Waals surface area contributed by atoms with Gasteiger partial charge < -0.3 is 5.73 Å². The lowest BCUT2D eigenvalue weighted by molar-refractivity contribution is 0.367. The van der Waals surface area contributed by atoms with Crippen LogP contribution < -0.4 is 5.73 Å². The second-order valence-corrected chi connectivity index (χ2v) is 8.10. The molecule has 2 rings (SSSR count). The van der Waals surface area contributed by atoms with Gasteiger partial charge in [-0.25, -0.2) is 8.42 Å². The molecular formula is C12H17ClN2O2S2. The van der Waals surface area contributed by atoms with Crippen LogP contribution in [-0.4, -0.2) is 36.8 Å². The number of benzene rings is 1. The molecule has 0 bridgehead atoms. The summed E-state index contributed by atoms with van der Waals surface area (Å²) in [6, 6.07) is 3.05. The number of nitrogen functional groups attached to an aromatic ring is 1. The topological polar surface area (TPSA) is 63.4 Å². The summed E-state index contributed by atoms with van der Waals surface area (Å²) in [5.41, 5.74) is 6.78. The maximum absolute atomic E-state index is 12.7. The van der Waals surface area contributed by atoms with E-state index >= 15 is 0 Å². The van der Waals surface area contributed by atoms with Crippen molar-refractivity contribution in [3.8, 4) is 0 Å². The monoisotopic (exact) mass is 320 g/mol. The van der Waals surface area contributed by atoms with Gasteiger partial charge in [0.05, 0.1) is 4.90 Å². The molecule has 1 aliphatic rings. The van der Waals surface area contributed by atoms with E-state index in [1.165, 1.54) is 6.07 Å². The molecule has 1 unspecified atom stereocenters. The summed E-state index contributed by atoms with van der Waals surface area (Å²) in [6.07, 6.45) is 0. The molecule has 1 heterocycles. The van der Waals surface area contributed by atoms with Gasteiger partial charge in [-0.1, -0.05) is 11.6 Å². The maximum atomic E-state index is 12.7. The Hall–Kier alpha value is -0.430. The van der Waals surface area contributed by atoms with Crippen LogP contribution in [-0.2, 0) is 10.0 Å². The van der Waals surface area contributed by atoms with Crippen molar-refractivity contribution in [3.63, 3.8) is 0 Å². The van der Waals surface area contributed by atoms with Crippen molar-refractivity contribution in [3.05, 3.63) is 22.7 Å². The summed E-state index contributed by atoms with van der Waals surface area (Å²) in [7, 11) is -3.53. The zero-order valence-electron chi connectivity index (χ0n) is 10.9. The molecule has 1 aromatic carbocycles. The van der Waals surface area contributed by atoms with Gasteiger partial charge in [0, 0.05) is 34.8 Å². The third kappa shape index (κ3) is 2.86. The summed E-state index contributed by atoms with van der Waals surface area (Å²) in [4.78, 5) is 0.219. The molecule has 1 saturated heterocycles. The van der Waals surface area contributed by atoms with E-state index in [0.717, 1.165) is 11.5 Å². The van der Waals surface area contributed by atoms with Crippen LogP contribution in [0.4, 0.5) is 5.69 Å². The number of rotatable bonds is 2. The van der Waals surface area contributed by atoms with Crippen LogP contribution in [0.5, 0.6) is 0 Å². The zero-order chi connectivity index (χ0) is 14.2. The molecule has 2 N–H and O–H groups in total. The lowest BCUT2D eigenvalue weighted by Gasteiger charge is -2.32. The summed E-state index contributed by atoms with van der Waals surface area (Å²) in [5.74, 6) is 1.63. The van der Waals surface area contributed by atoms with Crippen molar-refractivity contribution < 1.29 is 8.42 Å². The largest absolute Gasteiger partial charge is 0.398 e. The molecule has 0 radical (unpaired) electrons. The normalized spacial score (nSPS) is 21.5. The number of anilines is 1. The lowest BCUT2D eigenvalue weighted by atomic mass is 10.2. The van der Waals surface area contributed by atoms with Gasteiger partial charge >= 0.3 is 0 Å². The molecule has 1 atom stereocenters. The average molecular weight is 321 g/mol. The molecule has 0 saturated carbocycles. The molecule has 106 valence electrons. The summed E-state index contributed by atoms with van der Waals surface area (Å²) >= 11 is 7.71. The molecule has 1 aliphatic heterocycles. The van der Waals surface area contributed by atoms with Gasteiger partial charge in [-0.2, -0.15) is 16.1 Å². The fourth-order valence-electron chi connectivity index (χ4n) is 2.14. The minimum absolute atomic E-state index is 0.0108. The first-order valence-electron chi connectivity index (χ1n) is 5.99. The molecule has 0 aliphatic carbocycles. The van der Waals surface area contributed by atoms with Crippen molar-refractivity contribution in [2.45, 2.75) is 24.8 Å². The quantitative estimate of drug-likeness (QED) is 0.850. The van der Waals surface area contributed by atoms with Crippen LogP contribution in [0.2, 0.25) is 5.02 Å². The zero-order valence-corrected chi connectivity index (χ0v) is 13.3. The lowest BCUT2D eigenvalue weighted by Crippen LogP contribution is -2.44. The number of halogens is 1. The Kier molecular flexibility index (Phi) is 4.35. The van der Waals surface area contributed by atoms with Crippen molar-refractivity contribution >= 4 is 39.1 Å². The van der Waals surface area contributed by atoms with Crippen LogP contribution >= 0.6 is 23.4 Å². The van der Waals surface area contributed by atoms with E-state index in [1.54, 1.807) is 29.1 Å². The van der Waals surface area contributed by atoms with Gasteiger partial charge in [0.1, 0.15) is 0 Å². The summed E-state index contributed by atoms with van der Waals surface area (Å²) in [6.45, 7) is 4.16. The molecular weight excluding hydrogens is 304 g/mol. The molecule has 1 aromatic rings. The Balaban J connectivity index is 2.50. The molecule has 1 fully saturated rings. The van der Waals surface area contributed by atoms with E-state index in [0.29, 0.717) is 22.8 Å². The first-order valence-corrected chi connectivity index (χ1v) is 8.96. The highest BCUT2D eigenvalue weighted by Crippen LogP contribution is 2.31. The number of hydrogen-bond donors (Lipinski definition) is 1. The maximum Gasteiger partial charge on any atom is 0.243 e. The second kappa shape index (κ2) is 5.52. The highest BCUT2D eigenvalue weighted by molar-refractivity contribution is 7.99. The number of nitrogens with zero attached hydrogens (tertiary/aromatic N) is 1. The van der Waals surface area contributed by atoms with E-state index in [2.05, 4.69) is 0 Å². The highest BCUT2D eigenvalue weighted by atomic mass is 35.5. The van der Waals surface area contributed by atoms with E-state index in [9.17, 15) is 8.42 Å². The van der Waals surface area contributed by atoms with E-state index < -0.39 is 10.0 Å². The van der Waals surface area contributed by atoms with Crippen molar-refractivity contribution in [2.24, 2.45) is 0 Å². The molecule has 0 aromatic heterocycles. The van der Waals surface area contributed by atoms with Gasteiger partial charge in [0.15, 0.2) is 0 Å². The number of sulfonamides is 1. The van der Waals surface area contributed by atoms with E-state index in [4.69, 9.17) is 17.3 Å². The van der Waals surface area contributed by atoms with Gasteiger partial charge in [-0.15, -0.1) is 0 Å². The van der Waals surface area contributed by atoms with Gasteiger partial charge in [0.2, 0.25) is 10.0 Å². The summed E-state index contributed by atoms with van der Waals surface area (Å²) < 4.78 is 27.0. The fraction of sp³-hybridized carbons (Fsp3) is 0.500. The Morgan fingerprint density at radius 3 is 2.79 bits per heavy atom. The number of thioether (sulfide) groups is 1. The predicted octanol–water partition coefficient (Wildman–Crippen LogP) is 2.36. The van der Waals surface area contributed by atoms with Gasteiger partial charge in [-0.05, 0) is 31.5 Å². The first kappa shape index (κ1) is 15.0. The minimum atomic E-state index is -3.53. The molecule has 0 spiro atoms. The molecule has 7 heteroatoms. The average Bonchev–Trinajstić information content (AvgIpc) is 2.34. The molecule has 19 heavy (non-hydrogen) atoms.